The van der Waals surface area contributed by atoms with Gasteiger partial charge >= 0.3 is 0 Å². The van der Waals surface area contributed by atoms with E-state index in [1.165, 1.54) is 108 Å². The molecule has 1 unspecified atom stereocenters. The van der Waals surface area contributed by atoms with E-state index in [0.717, 1.165) is 12.8 Å². The van der Waals surface area contributed by atoms with Crippen LogP contribution in [0.5, 0.6) is 0 Å². The van der Waals surface area contributed by atoms with Gasteiger partial charge in [0.05, 0.1) is 6.61 Å². The van der Waals surface area contributed by atoms with Crippen LogP contribution in [-0.4, -0.2) is 46.8 Å². The summed E-state index contributed by atoms with van der Waals surface area (Å²) < 4.78 is 0. The Labute approximate surface area is 187 Å². The topological polar surface area (TPSA) is 60.8 Å². The standard InChI is InChI=1S/C26H53NO3/c1-3-5-6-7-8-9-10-11-12-13-14-15-16-17-18-19-20-21-22-25(29)26(30)27(4-2)23-24-28/h25,28-29H,3-24H2,1-2H3. The van der Waals surface area contributed by atoms with Gasteiger partial charge in [0.2, 0.25) is 0 Å². The number of amides is 1. The number of carbonyl (C=O) groups excluding carboxylic acids is 1. The van der Waals surface area contributed by atoms with Crippen LogP contribution in [0.4, 0.5) is 0 Å². The summed E-state index contributed by atoms with van der Waals surface area (Å²) in [5.41, 5.74) is 0. The largest absolute Gasteiger partial charge is 0.395 e. The molecule has 0 rings (SSSR count). The number of unbranched alkanes of at least 4 members (excludes halogenated alkanes) is 17. The van der Waals surface area contributed by atoms with Crippen molar-refractivity contribution in [2.24, 2.45) is 0 Å². The molecule has 0 aliphatic heterocycles. The third-order valence-electron chi connectivity index (χ3n) is 6.18. The molecule has 30 heavy (non-hydrogen) atoms. The number of aliphatic hydroxyl groups is 2. The molecule has 0 spiro atoms. The summed E-state index contributed by atoms with van der Waals surface area (Å²) in [6.45, 7) is 4.95. The molecule has 1 atom stereocenters. The van der Waals surface area contributed by atoms with Crippen LogP contribution in [0, 0.1) is 0 Å². The van der Waals surface area contributed by atoms with Gasteiger partial charge in [-0.3, -0.25) is 4.79 Å². The summed E-state index contributed by atoms with van der Waals surface area (Å²) in [7, 11) is 0. The lowest BCUT2D eigenvalue weighted by Gasteiger charge is -2.22. The van der Waals surface area contributed by atoms with Crippen molar-refractivity contribution in [1.82, 2.24) is 4.90 Å². The molecule has 0 aliphatic rings. The quantitative estimate of drug-likeness (QED) is 0.180. The summed E-state index contributed by atoms with van der Waals surface area (Å²) in [4.78, 5) is 13.6. The van der Waals surface area contributed by atoms with Gasteiger partial charge in [-0.25, -0.2) is 0 Å². The molecule has 0 aromatic carbocycles. The predicted octanol–water partition coefficient (Wildman–Crippen LogP) is 6.62. The summed E-state index contributed by atoms with van der Waals surface area (Å²) in [5, 5.41) is 19.0. The molecule has 2 N–H and O–H groups in total. The Kier molecular flexibility index (Phi) is 22.6. The Morgan fingerprint density at radius 2 is 1.03 bits per heavy atom. The van der Waals surface area contributed by atoms with Crippen LogP contribution in [0.1, 0.15) is 136 Å². The molecule has 0 fully saturated rings. The Bertz CT molecular complexity index is 362. The van der Waals surface area contributed by atoms with E-state index in [9.17, 15) is 9.90 Å². The van der Waals surface area contributed by atoms with Gasteiger partial charge in [-0.15, -0.1) is 0 Å². The molecular weight excluding hydrogens is 374 g/mol. The van der Waals surface area contributed by atoms with E-state index in [-0.39, 0.29) is 12.5 Å². The van der Waals surface area contributed by atoms with Crippen LogP contribution in [0.25, 0.3) is 0 Å². The maximum Gasteiger partial charge on any atom is 0.251 e. The van der Waals surface area contributed by atoms with E-state index >= 15 is 0 Å². The number of rotatable bonds is 23. The summed E-state index contributed by atoms with van der Waals surface area (Å²) in [6.07, 6.45) is 23.7. The van der Waals surface area contributed by atoms with E-state index in [0.29, 0.717) is 19.5 Å². The Morgan fingerprint density at radius 1 is 0.667 bits per heavy atom. The van der Waals surface area contributed by atoms with E-state index in [2.05, 4.69) is 6.92 Å². The van der Waals surface area contributed by atoms with Crippen LogP contribution in [0.3, 0.4) is 0 Å². The van der Waals surface area contributed by atoms with E-state index < -0.39 is 6.10 Å². The van der Waals surface area contributed by atoms with E-state index in [4.69, 9.17) is 5.11 Å². The van der Waals surface area contributed by atoms with Gasteiger partial charge in [0.15, 0.2) is 0 Å². The average Bonchev–Trinajstić information content (AvgIpc) is 2.76. The lowest BCUT2D eigenvalue weighted by atomic mass is 10.0. The second kappa shape index (κ2) is 23.1. The lowest BCUT2D eigenvalue weighted by Crippen LogP contribution is -2.40. The first-order valence-corrected chi connectivity index (χ1v) is 13.2. The van der Waals surface area contributed by atoms with Crippen LogP contribution in [0.2, 0.25) is 0 Å². The number of carbonyl (C=O) groups is 1. The normalized spacial score (nSPS) is 12.3. The van der Waals surface area contributed by atoms with Gasteiger partial charge in [-0.2, -0.15) is 0 Å². The first-order chi connectivity index (χ1) is 14.7. The van der Waals surface area contributed by atoms with E-state index in [1.54, 1.807) is 0 Å². The zero-order chi connectivity index (χ0) is 22.3. The minimum absolute atomic E-state index is 0.0501. The highest BCUT2D eigenvalue weighted by atomic mass is 16.3. The highest BCUT2D eigenvalue weighted by Gasteiger charge is 2.19. The minimum Gasteiger partial charge on any atom is -0.395 e. The molecule has 180 valence electrons. The molecular formula is C26H53NO3. The third-order valence-corrected chi connectivity index (χ3v) is 6.18. The molecule has 0 aliphatic carbocycles. The fourth-order valence-electron chi connectivity index (χ4n) is 4.12. The molecule has 4 nitrogen and oxygen atoms in total. The van der Waals surface area contributed by atoms with Crippen molar-refractivity contribution in [3.63, 3.8) is 0 Å². The molecule has 0 saturated carbocycles. The van der Waals surface area contributed by atoms with Crippen molar-refractivity contribution in [2.45, 2.75) is 142 Å². The first kappa shape index (κ1) is 29.4. The highest BCUT2D eigenvalue weighted by molar-refractivity contribution is 5.80. The van der Waals surface area contributed by atoms with Crippen LogP contribution >= 0.6 is 0 Å². The first-order valence-electron chi connectivity index (χ1n) is 13.2. The van der Waals surface area contributed by atoms with Gasteiger partial charge in [0.25, 0.3) is 5.91 Å². The monoisotopic (exact) mass is 427 g/mol. The third kappa shape index (κ3) is 18.2. The van der Waals surface area contributed by atoms with Crippen molar-refractivity contribution in [3.8, 4) is 0 Å². The molecule has 0 saturated heterocycles. The van der Waals surface area contributed by atoms with Gasteiger partial charge in [-0.05, 0) is 13.3 Å². The van der Waals surface area contributed by atoms with Gasteiger partial charge in [0.1, 0.15) is 6.10 Å². The zero-order valence-electron chi connectivity index (χ0n) is 20.4. The minimum atomic E-state index is -0.905. The molecule has 0 radical (unpaired) electrons. The summed E-state index contributed by atoms with van der Waals surface area (Å²) in [5.74, 6) is -0.237. The van der Waals surface area contributed by atoms with Crippen LogP contribution in [-0.2, 0) is 4.79 Å². The van der Waals surface area contributed by atoms with Crippen LogP contribution in [0.15, 0.2) is 0 Å². The van der Waals surface area contributed by atoms with Crippen molar-refractivity contribution >= 4 is 5.91 Å². The molecule has 1 amide bonds. The average molecular weight is 428 g/mol. The zero-order valence-corrected chi connectivity index (χ0v) is 20.4. The highest BCUT2D eigenvalue weighted by Crippen LogP contribution is 2.15. The fraction of sp³-hybridized carbons (Fsp3) is 0.962. The second-order valence-electron chi connectivity index (χ2n) is 8.96. The maximum atomic E-state index is 12.0. The number of hydrogen-bond donors (Lipinski definition) is 2. The van der Waals surface area contributed by atoms with Crippen molar-refractivity contribution in [3.05, 3.63) is 0 Å². The van der Waals surface area contributed by atoms with Gasteiger partial charge in [-0.1, -0.05) is 122 Å². The van der Waals surface area contributed by atoms with Crippen LogP contribution < -0.4 is 0 Å². The van der Waals surface area contributed by atoms with Crippen molar-refractivity contribution in [2.75, 3.05) is 19.7 Å². The molecule has 4 heteroatoms. The van der Waals surface area contributed by atoms with Crippen molar-refractivity contribution in [1.29, 1.82) is 0 Å². The Hall–Kier alpha value is -0.610. The lowest BCUT2D eigenvalue weighted by molar-refractivity contribution is -0.140. The predicted molar refractivity (Wildman–Crippen MR) is 129 cm³/mol. The number of nitrogens with zero attached hydrogens (tertiary/aromatic N) is 1. The van der Waals surface area contributed by atoms with Crippen molar-refractivity contribution < 1.29 is 15.0 Å². The maximum absolute atomic E-state index is 12.0. The SMILES string of the molecule is CCCCCCCCCCCCCCCCCCCCC(O)C(=O)N(CC)CCO. The fourth-order valence-corrected chi connectivity index (χ4v) is 4.12. The molecule has 0 aromatic rings. The second-order valence-corrected chi connectivity index (χ2v) is 8.96. The summed E-state index contributed by atoms with van der Waals surface area (Å²) >= 11 is 0. The molecule has 0 aromatic heterocycles. The Morgan fingerprint density at radius 3 is 1.37 bits per heavy atom. The molecule has 0 heterocycles. The van der Waals surface area contributed by atoms with E-state index in [1.807, 2.05) is 6.92 Å². The molecule has 0 bridgehead atoms. The summed E-state index contributed by atoms with van der Waals surface area (Å²) in [6, 6.07) is 0. The smallest absolute Gasteiger partial charge is 0.251 e. The Balaban J connectivity index is 3.30. The number of likely N-dealkylation sites (N-methyl/N-ethyl adjacent to an activating group) is 1. The number of aliphatic hydroxyl groups excluding tert-OH is 2. The number of hydrogen-bond acceptors (Lipinski definition) is 3. The van der Waals surface area contributed by atoms with Gasteiger partial charge < -0.3 is 15.1 Å². The van der Waals surface area contributed by atoms with Gasteiger partial charge in [0, 0.05) is 13.1 Å².